The van der Waals surface area contributed by atoms with Crippen LogP contribution in [0.25, 0.3) is 10.8 Å². The number of hydrogen-bond acceptors (Lipinski definition) is 5. The third-order valence-corrected chi connectivity index (χ3v) is 5.50. The lowest BCUT2D eigenvalue weighted by molar-refractivity contribution is -0.147. The SMILES string of the molecule is O=C(CCC(=O)OCC(=O)Nc1cccc2ccccc12)Nc1ccc(Oc2ccccc2Cl)cc1. The Morgan fingerprint density at radius 2 is 1.44 bits per heavy atom. The van der Waals surface area contributed by atoms with Gasteiger partial charge in [-0.05, 0) is 47.9 Å². The van der Waals surface area contributed by atoms with Crippen LogP contribution in [0.5, 0.6) is 11.5 Å². The highest BCUT2D eigenvalue weighted by Gasteiger charge is 2.12. The van der Waals surface area contributed by atoms with Crippen LogP contribution in [-0.2, 0) is 19.1 Å². The van der Waals surface area contributed by atoms with Gasteiger partial charge in [0, 0.05) is 23.2 Å². The van der Waals surface area contributed by atoms with Crippen LogP contribution in [0, 0.1) is 0 Å². The largest absolute Gasteiger partial charge is 0.456 e. The van der Waals surface area contributed by atoms with Crippen molar-refractivity contribution >= 4 is 51.5 Å². The summed E-state index contributed by atoms with van der Waals surface area (Å²) in [4.78, 5) is 36.4. The molecule has 0 saturated carbocycles. The van der Waals surface area contributed by atoms with Gasteiger partial charge >= 0.3 is 5.97 Å². The Bertz CT molecular complexity index is 1380. The maximum Gasteiger partial charge on any atom is 0.306 e. The molecule has 0 heterocycles. The third kappa shape index (κ3) is 6.84. The van der Waals surface area contributed by atoms with E-state index in [2.05, 4.69) is 10.6 Å². The number of benzene rings is 4. The van der Waals surface area contributed by atoms with Crippen LogP contribution in [0.2, 0.25) is 5.02 Å². The predicted molar refractivity (Wildman–Crippen MR) is 139 cm³/mol. The molecule has 0 aromatic heterocycles. The van der Waals surface area contributed by atoms with E-state index in [4.69, 9.17) is 21.1 Å². The molecular weight excluding hydrogens is 480 g/mol. The Balaban J connectivity index is 1.19. The molecule has 0 radical (unpaired) electrons. The van der Waals surface area contributed by atoms with Crippen molar-refractivity contribution in [3.63, 3.8) is 0 Å². The summed E-state index contributed by atoms with van der Waals surface area (Å²) >= 11 is 6.09. The second kappa shape index (κ2) is 11.9. The zero-order valence-corrected chi connectivity index (χ0v) is 20.0. The molecule has 4 aromatic carbocycles. The number of amides is 2. The highest BCUT2D eigenvalue weighted by atomic mass is 35.5. The van der Waals surface area contributed by atoms with Gasteiger partial charge < -0.3 is 20.1 Å². The Kier molecular flexibility index (Phi) is 8.16. The van der Waals surface area contributed by atoms with Gasteiger partial charge in [0.2, 0.25) is 5.91 Å². The average Bonchev–Trinajstić information content (AvgIpc) is 2.89. The number of carbonyl (C=O) groups is 3. The van der Waals surface area contributed by atoms with Crippen molar-refractivity contribution in [1.29, 1.82) is 0 Å². The van der Waals surface area contributed by atoms with E-state index in [1.807, 2.05) is 48.5 Å². The minimum absolute atomic E-state index is 0.0817. The van der Waals surface area contributed by atoms with Gasteiger partial charge in [-0.1, -0.05) is 60.1 Å². The first-order chi connectivity index (χ1) is 17.5. The van der Waals surface area contributed by atoms with E-state index in [0.717, 1.165) is 10.8 Å². The van der Waals surface area contributed by atoms with Crippen LogP contribution in [0.15, 0.2) is 91.0 Å². The van der Waals surface area contributed by atoms with Gasteiger partial charge in [-0.15, -0.1) is 0 Å². The summed E-state index contributed by atoms with van der Waals surface area (Å²) < 4.78 is 10.7. The van der Waals surface area contributed by atoms with Gasteiger partial charge in [0.1, 0.15) is 11.5 Å². The zero-order valence-electron chi connectivity index (χ0n) is 19.2. The standard InChI is InChI=1S/C28H23ClN2O5/c29-23-9-3-4-11-25(23)36-21-14-12-20(13-15-21)30-26(32)16-17-28(34)35-18-27(33)31-24-10-5-7-19-6-1-2-8-22(19)24/h1-15H,16-18H2,(H,30,32)(H,31,33). The highest BCUT2D eigenvalue weighted by molar-refractivity contribution is 6.32. The van der Waals surface area contributed by atoms with E-state index in [0.29, 0.717) is 27.9 Å². The van der Waals surface area contributed by atoms with Crippen LogP contribution >= 0.6 is 11.6 Å². The minimum Gasteiger partial charge on any atom is -0.456 e. The number of esters is 1. The molecule has 7 nitrogen and oxygen atoms in total. The molecule has 0 aliphatic carbocycles. The fourth-order valence-corrected chi connectivity index (χ4v) is 3.61. The summed E-state index contributed by atoms with van der Waals surface area (Å²) in [6, 6.07) is 27.1. The highest BCUT2D eigenvalue weighted by Crippen LogP contribution is 2.29. The number of hydrogen-bond donors (Lipinski definition) is 2. The van der Waals surface area contributed by atoms with Crippen LogP contribution in [-0.4, -0.2) is 24.4 Å². The van der Waals surface area contributed by atoms with Crippen molar-refractivity contribution in [3.05, 3.63) is 96.0 Å². The number of ether oxygens (including phenoxy) is 2. The topological polar surface area (TPSA) is 93.7 Å². The molecule has 0 unspecified atom stereocenters. The zero-order chi connectivity index (χ0) is 25.3. The van der Waals surface area contributed by atoms with Crippen molar-refractivity contribution in [2.45, 2.75) is 12.8 Å². The van der Waals surface area contributed by atoms with Crippen LogP contribution in [0.4, 0.5) is 11.4 Å². The normalized spacial score (nSPS) is 10.5. The van der Waals surface area contributed by atoms with E-state index in [1.165, 1.54) is 0 Å². The van der Waals surface area contributed by atoms with Gasteiger partial charge in [-0.2, -0.15) is 0 Å². The fourth-order valence-electron chi connectivity index (χ4n) is 3.44. The number of anilines is 2. The van der Waals surface area contributed by atoms with Crippen LogP contribution in [0.3, 0.4) is 0 Å². The first-order valence-corrected chi connectivity index (χ1v) is 11.6. The summed E-state index contributed by atoms with van der Waals surface area (Å²) in [5.74, 6) is -0.358. The molecular formula is C28H23ClN2O5. The maximum atomic E-state index is 12.2. The molecule has 36 heavy (non-hydrogen) atoms. The monoisotopic (exact) mass is 502 g/mol. The third-order valence-electron chi connectivity index (χ3n) is 5.19. The Morgan fingerprint density at radius 1 is 0.722 bits per heavy atom. The Labute approximate surface area is 213 Å². The lowest BCUT2D eigenvalue weighted by atomic mass is 10.1. The lowest BCUT2D eigenvalue weighted by Gasteiger charge is -2.10. The van der Waals surface area contributed by atoms with Crippen molar-refractivity contribution < 1.29 is 23.9 Å². The molecule has 0 aliphatic rings. The number of rotatable bonds is 9. The molecule has 2 amide bonds. The molecule has 4 rings (SSSR count). The van der Waals surface area contributed by atoms with E-state index in [-0.39, 0.29) is 18.7 Å². The summed E-state index contributed by atoms with van der Waals surface area (Å²) in [6.07, 6.45) is -0.233. The molecule has 8 heteroatoms. The summed E-state index contributed by atoms with van der Waals surface area (Å²) in [5.41, 5.74) is 1.19. The van der Waals surface area contributed by atoms with E-state index >= 15 is 0 Å². The quantitative estimate of drug-likeness (QED) is 0.266. The van der Waals surface area contributed by atoms with Crippen molar-refractivity contribution in [2.75, 3.05) is 17.2 Å². The van der Waals surface area contributed by atoms with Gasteiger partial charge in [-0.25, -0.2) is 0 Å². The lowest BCUT2D eigenvalue weighted by Crippen LogP contribution is -2.22. The van der Waals surface area contributed by atoms with Crippen molar-refractivity contribution in [2.24, 2.45) is 0 Å². The minimum atomic E-state index is -0.637. The number of carbonyl (C=O) groups excluding carboxylic acids is 3. The van der Waals surface area contributed by atoms with Crippen LogP contribution in [0.1, 0.15) is 12.8 Å². The second-order valence-corrected chi connectivity index (χ2v) is 8.25. The Morgan fingerprint density at radius 3 is 2.25 bits per heavy atom. The molecule has 182 valence electrons. The number of fused-ring (bicyclic) bond motifs is 1. The molecule has 0 saturated heterocycles. The van der Waals surface area contributed by atoms with E-state index in [9.17, 15) is 14.4 Å². The first-order valence-electron chi connectivity index (χ1n) is 11.2. The smallest absolute Gasteiger partial charge is 0.306 e. The van der Waals surface area contributed by atoms with E-state index in [1.54, 1.807) is 42.5 Å². The van der Waals surface area contributed by atoms with E-state index < -0.39 is 18.5 Å². The predicted octanol–water partition coefficient (Wildman–Crippen LogP) is 6.19. The molecule has 0 fully saturated rings. The molecule has 2 N–H and O–H groups in total. The van der Waals surface area contributed by atoms with Crippen molar-refractivity contribution in [3.8, 4) is 11.5 Å². The number of halogens is 1. The molecule has 0 spiro atoms. The summed E-state index contributed by atoms with van der Waals surface area (Å²) in [6.45, 7) is -0.434. The van der Waals surface area contributed by atoms with Gasteiger partial charge in [0.25, 0.3) is 5.91 Å². The molecule has 4 aromatic rings. The average molecular weight is 503 g/mol. The molecule has 0 aliphatic heterocycles. The van der Waals surface area contributed by atoms with Gasteiger partial charge in [0.15, 0.2) is 6.61 Å². The van der Waals surface area contributed by atoms with Gasteiger partial charge in [0.05, 0.1) is 11.4 Å². The summed E-state index contributed by atoms with van der Waals surface area (Å²) in [5, 5.41) is 7.82. The van der Waals surface area contributed by atoms with Gasteiger partial charge in [-0.3, -0.25) is 14.4 Å². The molecule has 0 atom stereocenters. The number of para-hydroxylation sites is 1. The van der Waals surface area contributed by atoms with Crippen LogP contribution < -0.4 is 15.4 Å². The maximum absolute atomic E-state index is 12.2. The first kappa shape index (κ1) is 24.8. The number of nitrogens with one attached hydrogen (secondary N) is 2. The fraction of sp³-hybridized carbons (Fsp3) is 0.107. The second-order valence-electron chi connectivity index (χ2n) is 7.84. The molecule has 0 bridgehead atoms. The summed E-state index contributed by atoms with van der Waals surface area (Å²) in [7, 11) is 0. The Hall–Kier alpha value is -4.36. The van der Waals surface area contributed by atoms with Crippen molar-refractivity contribution in [1.82, 2.24) is 0 Å².